The molecule has 1 aliphatic carbocycles. The molecule has 2 aliphatic rings. The molecule has 1 aromatic heterocycles. The zero-order valence-corrected chi connectivity index (χ0v) is 11.1. The van der Waals surface area contributed by atoms with E-state index < -0.39 is 0 Å². The molecule has 98 valence electrons. The summed E-state index contributed by atoms with van der Waals surface area (Å²) in [6, 6.07) is 7.27. The summed E-state index contributed by atoms with van der Waals surface area (Å²) in [5.74, 6) is 0. The van der Waals surface area contributed by atoms with E-state index in [0.717, 1.165) is 13.0 Å². The fraction of sp³-hybridized carbons (Fsp3) is 0.438. The topological polar surface area (TPSA) is 29.9 Å². The summed E-state index contributed by atoms with van der Waals surface area (Å²) in [6.07, 6.45) is 10.5. The molecule has 2 heterocycles. The van der Waals surface area contributed by atoms with Crippen molar-refractivity contribution >= 4 is 5.69 Å². The Morgan fingerprint density at radius 3 is 3.00 bits per heavy atom. The number of nitrogens with one attached hydrogen (secondary N) is 1. The minimum absolute atomic E-state index is 0.648. The Bertz CT molecular complexity index is 594. The third-order valence-corrected chi connectivity index (χ3v) is 4.51. The summed E-state index contributed by atoms with van der Waals surface area (Å²) >= 11 is 0. The minimum atomic E-state index is 0.648. The Morgan fingerprint density at radius 2 is 2.11 bits per heavy atom. The number of fused-ring (bicyclic) bond motifs is 1. The van der Waals surface area contributed by atoms with E-state index in [9.17, 15) is 0 Å². The highest BCUT2D eigenvalue weighted by Crippen LogP contribution is 2.38. The van der Waals surface area contributed by atoms with Gasteiger partial charge in [0.15, 0.2) is 0 Å². The molecule has 1 aromatic carbocycles. The highest BCUT2D eigenvalue weighted by Gasteiger charge is 2.22. The molecule has 0 radical (unpaired) electrons. The fourth-order valence-corrected chi connectivity index (χ4v) is 3.54. The van der Waals surface area contributed by atoms with Crippen molar-refractivity contribution < 1.29 is 0 Å². The Balaban J connectivity index is 1.81. The monoisotopic (exact) mass is 253 g/mol. The fourth-order valence-electron chi connectivity index (χ4n) is 3.54. The second-order valence-corrected chi connectivity index (χ2v) is 5.64. The van der Waals surface area contributed by atoms with Crippen molar-refractivity contribution in [1.82, 2.24) is 9.55 Å². The number of para-hydroxylation sites is 1. The zero-order valence-electron chi connectivity index (χ0n) is 11.1. The van der Waals surface area contributed by atoms with Crippen molar-refractivity contribution in [2.45, 2.75) is 38.1 Å². The number of hydrogen-bond donors (Lipinski definition) is 1. The molecule has 1 fully saturated rings. The maximum atomic E-state index is 4.40. The van der Waals surface area contributed by atoms with Crippen LogP contribution in [-0.4, -0.2) is 16.1 Å². The van der Waals surface area contributed by atoms with Gasteiger partial charge >= 0.3 is 0 Å². The number of hydrogen-bond acceptors (Lipinski definition) is 2. The average Bonchev–Trinajstić information content (AvgIpc) is 3.18. The molecule has 1 aliphatic heterocycles. The summed E-state index contributed by atoms with van der Waals surface area (Å²) in [4.78, 5) is 4.40. The van der Waals surface area contributed by atoms with Crippen LogP contribution in [0.15, 0.2) is 30.7 Å². The molecule has 4 rings (SSSR count). The summed E-state index contributed by atoms with van der Waals surface area (Å²) in [5, 5.41) is 3.53. The Hall–Kier alpha value is -1.77. The van der Waals surface area contributed by atoms with Crippen LogP contribution in [-0.2, 0) is 6.42 Å². The largest absolute Gasteiger partial charge is 0.384 e. The lowest BCUT2D eigenvalue weighted by atomic mass is 10.0. The number of rotatable bonds is 2. The summed E-state index contributed by atoms with van der Waals surface area (Å²) in [7, 11) is 0. The molecule has 0 unspecified atom stereocenters. The van der Waals surface area contributed by atoms with E-state index in [2.05, 4.69) is 33.1 Å². The van der Waals surface area contributed by atoms with Gasteiger partial charge in [0.1, 0.15) is 0 Å². The van der Waals surface area contributed by atoms with E-state index in [1.165, 1.54) is 48.2 Å². The standard InChI is InChI=1S/C16H19N3/c1-2-6-13(5-1)19-11-17-10-15(19)14-7-3-4-12-8-9-18-16(12)14/h3-4,7,10-11,13,18H,1-2,5-6,8-9H2. The first-order valence-electron chi connectivity index (χ1n) is 7.31. The van der Waals surface area contributed by atoms with Crippen molar-refractivity contribution in [3.63, 3.8) is 0 Å². The van der Waals surface area contributed by atoms with Gasteiger partial charge < -0.3 is 9.88 Å². The van der Waals surface area contributed by atoms with Crippen molar-refractivity contribution in [1.29, 1.82) is 0 Å². The normalized spacial score (nSPS) is 18.5. The van der Waals surface area contributed by atoms with Gasteiger partial charge in [-0.2, -0.15) is 0 Å². The molecule has 19 heavy (non-hydrogen) atoms. The van der Waals surface area contributed by atoms with E-state index in [-0.39, 0.29) is 0 Å². The molecule has 3 nitrogen and oxygen atoms in total. The second kappa shape index (κ2) is 4.41. The average molecular weight is 253 g/mol. The molecule has 3 heteroatoms. The SMILES string of the molecule is c1cc2c(c(-c3cncn3C3CCCC3)c1)NCC2. The number of imidazole rings is 1. The van der Waals surface area contributed by atoms with Crippen molar-refractivity contribution in [2.24, 2.45) is 0 Å². The van der Waals surface area contributed by atoms with E-state index in [1.54, 1.807) is 0 Å². The Morgan fingerprint density at radius 1 is 1.21 bits per heavy atom. The van der Waals surface area contributed by atoms with Crippen LogP contribution in [0.2, 0.25) is 0 Å². The second-order valence-electron chi connectivity index (χ2n) is 5.64. The van der Waals surface area contributed by atoms with E-state index in [4.69, 9.17) is 0 Å². The van der Waals surface area contributed by atoms with Crippen LogP contribution >= 0.6 is 0 Å². The molecule has 0 atom stereocenters. The molecule has 0 spiro atoms. The zero-order chi connectivity index (χ0) is 12.7. The lowest BCUT2D eigenvalue weighted by Gasteiger charge is -2.17. The van der Waals surface area contributed by atoms with Gasteiger partial charge in [-0.15, -0.1) is 0 Å². The third-order valence-electron chi connectivity index (χ3n) is 4.51. The lowest BCUT2D eigenvalue weighted by Crippen LogP contribution is -2.05. The van der Waals surface area contributed by atoms with Crippen LogP contribution in [0.3, 0.4) is 0 Å². The van der Waals surface area contributed by atoms with Crippen LogP contribution in [0.4, 0.5) is 5.69 Å². The molecule has 1 saturated carbocycles. The van der Waals surface area contributed by atoms with Gasteiger partial charge in [-0.25, -0.2) is 4.98 Å². The van der Waals surface area contributed by atoms with Crippen molar-refractivity contribution in [2.75, 3.05) is 11.9 Å². The lowest BCUT2D eigenvalue weighted by molar-refractivity contribution is 0.523. The first-order chi connectivity index (χ1) is 9.43. The maximum absolute atomic E-state index is 4.40. The summed E-state index contributed by atoms with van der Waals surface area (Å²) in [6.45, 7) is 1.06. The highest BCUT2D eigenvalue weighted by molar-refractivity contribution is 5.79. The van der Waals surface area contributed by atoms with Gasteiger partial charge in [0.05, 0.1) is 18.2 Å². The van der Waals surface area contributed by atoms with Crippen molar-refractivity contribution in [3.8, 4) is 11.3 Å². The van der Waals surface area contributed by atoms with Gasteiger partial charge in [-0.1, -0.05) is 31.0 Å². The highest BCUT2D eigenvalue weighted by atomic mass is 15.1. The molecular weight excluding hydrogens is 234 g/mol. The number of anilines is 1. The number of nitrogens with zero attached hydrogens (tertiary/aromatic N) is 2. The first-order valence-corrected chi connectivity index (χ1v) is 7.31. The Labute approximate surface area is 113 Å². The molecule has 2 aromatic rings. The van der Waals surface area contributed by atoms with Crippen LogP contribution in [0, 0.1) is 0 Å². The van der Waals surface area contributed by atoms with Gasteiger partial charge in [0.2, 0.25) is 0 Å². The number of benzene rings is 1. The quantitative estimate of drug-likeness (QED) is 0.885. The van der Waals surface area contributed by atoms with E-state index >= 15 is 0 Å². The molecular formula is C16H19N3. The maximum Gasteiger partial charge on any atom is 0.0953 e. The van der Waals surface area contributed by atoms with Crippen LogP contribution in [0.1, 0.15) is 37.3 Å². The van der Waals surface area contributed by atoms with Gasteiger partial charge in [-0.05, 0) is 24.8 Å². The molecule has 0 bridgehead atoms. The van der Waals surface area contributed by atoms with E-state index in [1.807, 2.05) is 12.5 Å². The first kappa shape index (κ1) is 11.1. The van der Waals surface area contributed by atoms with Crippen LogP contribution < -0.4 is 5.32 Å². The van der Waals surface area contributed by atoms with Crippen LogP contribution in [0.25, 0.3) is 11.3 Å². The third kappa shape index (κ3) is 1.76. The summed E-state index contributed by atoms with van der Waals surface area (Å²) < 4.78 is 2.39. The summed E-state index contributed by atoms with van der Waals surface area (Å²) in [5.41, 5.74) is 5.36. The smallest absolute Gasteiger partial charge is 0.0953 e. The van der Waals surface area contributed by atoms with Crippen LogP contribution in [0.5, 0.6) is 0 Å². The number of aromatic nitrogens is 2. The molecule has 0 saturated heterocycles. The molecule has 0 amide bonds. The predicted molar refractivity (Wildman–Crippen MR) is 77.4 cm³/mol. The van der Waals surface area contributed by atoms with Gasteiger partial charge in [0, 0.05) is 23.8 Å². The molecule has 1 N–H and O–H groups in total. The van der Waals surface area contributed by atoms with Gasteiger partial charge in [-0.3, -0.25) is 0 Å². The predicted octanol–water partition coefficient (Wildman–Crippen LogP) is 3.63. The Kier molecular flexibility index (Phi) is 2.57. The van der Waals surface area contributed by atoms with E-state index in [0.29, 0.717) is 6.04 Å². The van der Waals surface area contributed by atoms with Crippen molar-refractivity contribution in [3.05, 3.63) is 36.3 Å². The minimum Gasteiger partial charge on any atom is -0.384 e. The van der Waals surface area contributed by atoms with Gasteiger partial charge in [0.25, 0.3) is 0 Å².